The molecule has 0 bridgehead atoms. The Bertz CT molecular complexity index is 1240. The van der Waals surface area contributed by atoms with Crippen molar-refractivity contribution in [2.24, 2.45) is 0 Å². The largest absolute Gasteiger partial charge is 0.497 e. The van der Waals surface area contributed by atoms with E-state index in [9.17, 15) is 4.79 Å². The molecule has 0 aliphatic rings. The highest BCUT2D eigenvalue weighted by molar-refractivity contribution is 6.03. The van der Waals surface area contributed by atoms with Crippen LogP contribution in [-0.4, -0.2) is 39.6 Å². The van der Waals surface area contributed by atoms with Crippen LogP contribution in [0.5, 0.6) is 11.5 Å². The Balaban J connectivity index is 1.48. The van der Waals surface area contributed by atoms with Gasteiger partial charge in [0.2, 0.25) is 5.89 Å². The molecule has 2 aromatic carbocycles. The molecule has 0 saturated carbocycles. The second-order valence-electron chi connectivity index (χ2n) is 7.34. The van der Waals surface area contributed by atoms with Crippen LogP contribution in [0.1, 0.15) is 34.6 Å². The smallest absolute Gasteiger partial charge is 0.278 e. The Morgan fingerprint density at radius 2 is 1.76 bits per heavy atom. The van der Waals surface area contributed by atoms with Crippen molar-refractivity contribution < 1.29 is 18.7 Å². The highest BCUT2D eigenvalue weighted by Gasteiger charge is 2.19. The van der Waals surface area contributed by atoms with Gasteiger partial charge in [0.1, 0.15) is 23.0 Å². The number of benzene rings is 2. The standard InChI is InChI=1S/C24H25N5O4/c1-5-32-20-10-6-17(7-11-20)24-26-21(16(3)33-24)14-29-15(2)22(27-28-29)23(30)25-18-8-12-19(31-4)13-9-18/h6-13H,5,14H2,1-4H3,(H,25,30). The Hall–Kier alpha value is -4.14. The molecule has 0 aliphatic heterocycles. The number of nitrogens with zero attached hydrogens (tertiary/aromatic N) is 4. The van der Waals surface area contributed by atoms with Crippen molar-refractivity contribution in [3.63, 3.8) is 0 Å². The maximum Gasteiger partial charge on any atom is 0.278 e. The van der Waals surface area contributed by atoms with Crippen LogP contribution in [0.2, 0.25) is 0 Å². The van der Waals surface area contributed by atoms with Gasteiger partial charge in [0.15, 0.2) is 5.69 Å². The van der Waals surface area contributed by atoms with Crippen LogP contribution in [0.3, 0.4) is 0 Å². The Labute approximate surface area is 191 Å². The number of amides is 1. The Morgan fingerprint density at radius 1 is 1.06 bits per heavy atom. The molecule has 1 amide bonds. The number of aromatic nitrogens is 4. The summed E-state index contributed by atoms with van der Waals surface area (Å²) in [5.41, 5.74) is 3.09. The fourth-order valence-corrected chi connectivity index (χ4v) is 3.29. The van der Waals surface area contributed by atoms with E-state index in [4.69, 9.17) is 13.9 Å². The SMILES string of the molecule is CCOc1ccc(-c2nc(Cn3nnc(C(=O)Nc4ccc(OC)cc4)c3C)c(C)o2)cc1. The lowest BCUT2D eigenvalue weighted by molar-refractivity contribution is 0.102. The third kappa shape index (κ3) is 4.87. The molecule has 0 radical (unpaired) electrons. The third-order valence-electron chi connectivity index (χ3n) is 5.15. The van der Waals surface area contributed by atoms with Crippen LogP contribution in [0.15, 0.2) is 52.9 Å². The van der Waals surface area contributed by atoms with Gasteiger partial charge < -0.3 is 19.2 Å². The monoisotopic (exact) mass is 447 g/mol. The molecule has 9 heteroatoms. The quantitative estimate of drug-likeness (QED) is 0.430. The molecule has 0 atom stereocenters. The lowest BCUT2D eigenvalue weighted by atomic mass is 10.2. The molecule has 0 aliphatic carbocycles. The molecule has 0 unspecified atom stereocenters. The number of rotatable bonds is 8. The van der Waals surface area contributed by atoms with Gasteiger partial charge in [-0.05, 0) is 69.3 Å². The maximum absolute atomic E-state index is 12.7. The van der Waals surface area contributed by atoms with Gasteiger partial charge in [-0.2, -0.15) is 0 Å². The number of methoxy groups -OCH3 is 1. The fraction of sp³-hybridized carbons (Fsp3) is 0.250. The lowest BCUT2D eigenvalue weighted by Gasteiger charge is -2.05. The number of anilines is 1. The average molecular weight is 447 g/mol. The number of nitrogens with one attached hydrogen (secondary N) is 1. The van der Waals surface area contributed by atoms with Crippen molar-refractivity contribution in [2.45, 2.75) is 27.3 Å². The predicted molar refractivity (Wildman–Crippen MR) is 123 cm³/mol. The van der Waals surface area contributed by atoms with Crippen molar-refractivity contribution >= 4 is 11.6 Å². The zero-order valence-electron chi connectivity index (χ0n) is 19.0. The second kappa shape index (κ2) is 9.56. The first-order valence-electron chi connectivity index (χ1n) is 10.5. The minimum absolute atomic E-state index is 0.249. The van der Waals surface area contributed by atoms with E-state index < -0.39 is 0 Å². The molecule has 0 saturated heterocycles. The second-order valence-corrected chi connectivity index (χ2v) is 7.34. The molecule has 0 fully saturated rings. The topological polar surface area (TPSA) is 104 Å². The van der Waals surface area contributed by atoms with E-state index in [1.807, 2.05) is 38.1 Å². The Kier molecular flexibility index (Phi) is 6.39. The number of hydrogen-bond acceptors (Lipinski definition) is 7. The van der Waals surface area contributed by atoms with Crippen molar-refractivity contribution in [2.75, 3.05) is 19.0 Å². The summed E-state index contributed by atoms with van der Waals surface area (Å²) < 4.78 is 18.1. The van der Waals surface area contributed by atoms with Crippen LogP contribution in [-0.2, 0) is 6.54 Å². The highest BCUT2D eigenvalue weighted by atomic mass is 16.5. The van der Waals surface area contributed by atoms with Crippen LogP contribution >= 0.6 is 0 Å². The fourth-order valence-electron chi connectivity index (χ4n) is 3.29. The summed E-state index contributed by atoms with van der Waals surface area (Å²) >= 11 is 0. The maximum atomic E-state index is 12.7. The van der Waals surface area contributed by atoms with E-state index in [1.165, 1.54) is 0 Å². The summed E-state index contributed by atoms with van der Waals surface area (Å²) in [7, 11) is 1.59. The number of carbonyl (C=O) groups excluding carboxylic acids is 1. The van der Waals surface area contributed by atoms with Gasteiger partial charge in [0.25, 0.3) is 5.91 Å². The Morgan fingerprint density at radius 3 is 2.42 bits per heavy atom. The van der Waals surface area contributed by atoms with Crippen molar-refractivity contribution in [1.29, 1.82) is 0 Å². The van der Waals surface area contributed by atoms with Gasteiger partial charge in [0.05, 0.1) is 26.0 Å². The normalized spacial score (nSPS) is 10.8. The molecule has 33 heavy (non-hydrogen) atoms. The molecule has 1 N–H and O–H groups in total. The summed E-state index contributed by atoms with van der Waals surface area (Å²) in [4.78, 5) is 17.3. The van der Waals surface area contributed by atoms with E-state index >= 15 is 0 Å². The number of hydrogen-bond donors (Lipinski definition) is 1. The zero-order chi connectivity index (χ0) is 23.4. The number of aryl methyl sites for hydroxylation is 1. The highest BCUT2D eigenvalue weighted by Crippen LogP contribution is 2.25. The summed E-state index contributed by atoms with van der Waals surface area (Å²) in [5, 5.41) is 11.0. The van der Waals surface area contributed by atoms with Crippen LogP contribution < -0.4 is 14.8 Å². The van der Waals surface area contributed by atoms with Crippen molar-refractivity contribution in [1.82, 2.24) is 20.0 Å². The summed E-state index contributed by atoms with van der Waals surface area (Å²) in [5.74, 6) is 2.36. The minimum atomic E-state index is -0.337. The van der Waals surface area contributed by atoms with Gasteiger partial charge in [-0.15, -0.1) is 5.10 Å². The van der Waals surface area contributed by atoms with Crippen molar-refractivity contribution in [3.8, 4) is 23.0 Å². The van der Waals surface area contributed by atoms with E-state index in [0.717, 1.165) is 11.3 Å². The molecule has 2 aromatic heterocycles. The number of carbonyl (C=O) groups is 1. The first-order valence-corrected chi connectivity index (χ1v) is 10.5. The van der Waals surface area contributed by atoms with Crippen molar-refractivity contribution in [3.05, 3.63) is 71.4 Å². The van der Waals surface area contributed by atoms with Crippen LogP contribution in [0.4, 0.5) is 5.69 Å². The molecule has 170 valence electrons. The average Bonchev–Trinajstić information content (AvgIpc) is 3.37. The first kappa shape index (κ1) is 22.1. The predicted octanol–water partition coefficient (Wildman–Crippen LogP) is 4.26. The van der Waals surface area contributed by atoms with E-state index in [1.54, 1.807) is 43.0 Å². The third-order valence-corrected chi connectivity index (χ3v) is 5.15. The van der Waals surface area contributed by atoms with E-state index in [2.05, 4.69) is 20.6 Å². The number of ether oxygens (including phenoxy) is 2. The molecular weight excluding hydrogens is 422 g/mol. The summed E-state index contributed by atoms with van der Waals surface area (Å²) in [6, 6.07) is 14.6. The van der Waals surface area contributed by atoms with Gasteiger partial charge in [-0.1, -0.05) is 5.21 Å². The first-order chi connectivity index (χ1) is 16.0. The molecule has 0 spiro atoms. The molecule has 4 aromatic rings. The van der Waals surface area contributed by atoms with E-state index in [-0.39, 0.29) is 11.6 Å². The summed E-state index contributed by atoms with van der Waals surface area (Å²) in [6.07, 6.45) is 0. The zero-order valence-corrected chi connectivity index (χ0v) is 19.0. The van der Waals surface area contributed by atoms with Gasteiger partial charge in [0, 0.05) is 11.3 Å². The number of oxazole rings is 1. The summed E-state index contributed by atoms with van der Waals surface area (Å²) in [6.45, 7) is 6.54. The van der Waals surface area contributed by atoms with Gasteiger partial charge >= 0.3 is 0 Å². The van der Waals surface area contributed by atoms with Crippen LogP contribution in [0.25, 0.3) is 11.5 Å². The van der Waals surface area contributed by atoms with E-state index in [0.29, 0.717) is 47.6 Å². The minimum Gasteiger partial charge on any atom is -0.497 e. The van der Waals surface area contributed by atoms with Crippen LogP contribution in [0, 0.1) is 13.8 Å². The molecule has 9 nitrogen and oxygen atoms in total. The molecular formula is C24H25N5O4. The van der Waals surface area contributed by atoms with Gasteiger partial charge in [-0.25, -0.2) is 9.67 Å². The molecule has 4 rings (SSSR count). The lowest BCUT2D eigenvalue weighted by Crippen LogP contribution is -2.14. The van der Waals surface area contributed by atoms with Gasteiger partial charge in [-0.3, -0.25) is 4.79 Å². The molecule has 2 heterocycles.